The maximum absolute atomic E-state index is 5.80. The lowest BCUT2D eigenvalue weighted by molar-refractivity contribution is 0.271. The molecule has 0 unspecified atom stereocenters. The molecule has 0 aliphatic carbocycles. The molecular weight excluding hydrogens is 330 g/mol. The maximum atomic E-state index is 5.80. The monoisotopic (exact) mass is 355 g/mol. The van der Waals surface area contributed by atoms with Crippen molar-refractivity contribution in [2.24, 2.45) is 10.9 Å². The number of rotatable bonds is 6. The third kappa shape index (κ3) is 5.44. The number of benzene rings is 3. The molecular formula is C25H25NO. The Morgan fingerprint density at radius 2 is 1.59 bits per heavy atom. The third-order valence-electron chi connectivity index (χ3n) is 4.09. The van der Waals surface area contributed by atoms with Crippen molar-refractivity contribution in [3.05, 3.63) is 95.6 Å². The minimum absolute atomic E-state index is 0.505. The van der Waals surface area contributed by atoms with Gasteiger partial charge in [0.2, 0.25) is 0 Å². The Hall–Kier alpha value is -3.09. The van der Waals surface area contributed by atoms with Gasteiger partial charge in [-0.3, -0.25) is 0 Å². The zero-order valence-corrected chi connectivity index (χ0v) is 16.1. The van der Waals surface area contributed by atoms with Crippen LogP contribution in [0.4, 0.5) is 5.69 Å². The number of nitrogens with zero attached hydrogens (tertiary/aromatic N) is 1. The van der Waals surface area contributed by atoms with Gasteiger partial charge in [0.25, 0.3) is 0 Å². The number of ether oxygens (including phenoxy) is 1. The van der Waals surface area contributed by atoms with E-state index in [9.17, 15) is 0 Å². The Labute approximate surface area is 161 Å². The largest absolute Gasteiger partial charge is 0.493 e. The van der Waals surface area contributed by atoms with Crippen LogP contribution in [0.2, 0.25) is 0 Å². The van der Waals surface area contributed by atoms with E-state index in [2.05, 4.69) is 68.0 Å². The van der Waals surface area contributed by atoms with Crippen LogP contribution in [0.15, 0.2) is 83.9 Å². The SMILES string of the molecule is Cc1cccc(N=C=C(c2ccccc2)c2ccc(OCC(C)C)cc2)c1. The van der Waals surface area contributed by atoms with E-state index >= 15 is 0 Å². The van der Waals surface area contributed by atoms with E-state index in [1.165, 1.54) is 5.56 Å². The van der Waals surface area contributed by atoms with Crippen molar-refractivity contribution >= 4 is 17.1 Å². The summed E-state index contributed by atoms with van der Waals surface area (Å²) in [6, 6.07) is 26.5. The van der Waals surface area contributed by atoms with Crippen LogP contribution in [0.25, 0.3) is 5.57 Å². The van der Waals surface area contributed by atoms with Crippen molar-refractivity contribution < 1.29 is 4.74 Å². The van der Waals surface area contributed by atoms with Crippen LogP contribution in [0.3, 0.4) is 0 Å². The molecule has 0 fully saturated rings. The van der Waals surface area contributed by atoms with Gasteiger partial charge in [-0.05, 0) is 71.8 Å². The molecule has 27 heavy (non-hydrogen) atoms. The van der Waals surface area contributed by atoms with E-state index in [0.717, 1.165) is 34.7 Å². The Balaban J connectivity index is 1.97. The lowest BCUT2D eigenvalue weighted by atomic mass is 9.99. The van der Waals surface area contributed by atoms with E-state index < -0.39 is 0 Å². The number of aryl methyl sites for hydroxylation is 1. The molecule has 0 amide bonds. The van der Waals surface area contributed by atoms with Gasteiger partial charge in [-0.15, -0.1) is 0 Å². The van der Waals surface area contributed by atoms with Crippen LogP contribution in [-0.4, -0.2) is 12.5 Å². The van der Waals surface area contributed by atoms with Crippen LogP contribution in [0.5, 0.6) is 5.75 Å². The number of aliphatic imine (C=N–C) groups is 1. The quantitative estimate of drug-likeness (QED) is 0.465. The second-order valence-electron chi connectivity index (χ2n) is 7.03. The standard InChI is InChI=1S/C25H25NO/c1-19(2)18-27-24-14-12-22(13-15-24)25(21-9-5-4-6-10-21)17-26-23-11-7-8-20(3)16-23/h4-16,19H,18H2,1-3H3. The average Bonchev–Trinajstić information content (AvgIpc) is 2.68. The molecule has 0 saturated carbocycles. The first kappa shape index (κ1) is 18.7. The summed E-state index contributed by atoms with van der Waals surface area (Å²) in [4.78, 5) is 4.58. The average molecular weight is 355 g/mol. The molecule has 3 aromatic rings. The summed E-state index contributed by atoms with van der Waals surface area (Å²) in [5, 5.41) is 0. The van der Waals surface area contributed by atoms with Gasteiger partial charge in [-0.25, -0.2) is 4.99 Å². The van der Waals surface area contributed by atoms with Crippen molar-refractivity contribution in [1.82, 2.24) is 0 Å². The normalized spacial score (nSPS) is 10.4. The van der Waals surface area contributed by atoms with Crippen molar-refractivity contribution in [1.29, 1.82) is 0 Å². The summed E-state index contributed by atoms with van der Waals surface area (Å²) in [7, 11) is 0. The van der Waals surface area contributed by atoms with Crippen LogP contribution >= 0.6 is 0 Å². The molecule has 0 radical (unpaired) electrons. The zero-order valence-electron chi connectivity index (χ0n) is 16.1. The molecule has 136 valence electrons. The zero-order chi connectivity index (χ0) is 19.1. The summed E-state index contributed by atoms with van der Waals surface area (Å²) in [6.45, 7) is 7.07. The minimum atomic E-state index is 0.505. The summed E-state index contributed by atoms with van der Waals surface area (Å²) >= 11 is 0. The first-order valence-corrected chi connectivity index (χ1v) is 9.31. The smallest absolute Gasteiger partial charge is 0.119 e. The van der Waals surface area contributed by atoms with E-state index in [0.29, 0.717) is 5.92 Å². The van der Waals surface area contributed by atoms with Gasteiger partial charge in [0.1, 0.15) is 5.75 Å². The second kappa shape index (κ2) is 9.02. The Morgan fingerprint density at radius 3 is 2.26 bits per heavy atom. The van der Waals surface area contributed by atoms with Crippen LogP contribution in [0, 0.1) is 12.8 Å². The highest BCUT2D eigenvalue weighted by Gasteiger charge is 2.06. The van der Waals surface area contributed by atoms with Gasteiger partial charge in [0.05, 0.1) is 17.9 Å². The van der Waals surface area contributed by atoms with Crippen molar-refractivity contribution in [3.8, 4) is 5.75 Å². The third-order valence-corrected chi connectivity index (χ3v) is 4.09. The molecule has 3 rings (SSSR count). The van der Waals surface area contributed by atoms with Crippen molar-refractivity contribution in [2.45, 2.75) is 20.8 Å². The van der Waals surface area contributed by atoms with Crippen LogP contribution < -0.4 is 4.74 Å². The van der Waals surface area contributed by atoms with Crippen LogP contribution in [0.1, 0.15) is 30.5 Å². The number of hydrogen-bond donors (Lipinski definition) is 0. The maximum Gasteiger partial charge on any atom is 0.119 e. The van der Waals surface area contributed by atoms with Gasteiger partial charge in [0, 0.05) is 0 Å². The molecule has 0 aliphatic heterocycles. The highest BCUT2D eigenvalue weighted by atomic mass is 16.5. The first-order chi connectivity index (χ1) is 13.1. The fourth-order valence-corrected chi connectivity index (χ4v) is 2.70. The first-order valence-electron chi connectivity index (χ1n) is 9.31. The number of hydrogen-bond acceptors (Lipinski definition) is 2. The van der Waals surface area contributed by atoms with Gasteiger partial charge in [-0.2, -0.15) is 0 Å². The predicted molar refractivity (Wildman–Crippen MR) is 114 cm³/mol. The Kier molecular flexibility index (Phi) is 6.25. The van der Waals surface area contributed by atoms with E-state index in [1.54, 1.807) is 0 Å². The summed E-state index contributed by atoms with van der Waals surface area (Å²) in [5.74, 6) is 4.66. The molecule has 2 nitrogen and oxygen atoms in total. The van der Waals surface area contributed by atoms with Gasteiger partial charge < -0.3 is 4.74 Å². The summed E-state index contributed by atoms with van der Waals surface area (Å²) < 4.78 is 5.80. The molecule has 0 bridgehead atoms. The van der Waals surface area contributed by atoms with Crippen molar-refractivity contribution in [3.63, 3.8) is 0 Å². The highest BCUT2D eigenvalue weighted by Crippen LogP contribution is 2.24. The second-order valence-corrected chi connectivity index (χ2v) is 7.03. The Morgan fingerprint density at radius 1 is 0.889 bits per heavy atom. The molecule has 0 heterocycles. The molecule has 0 spiro atoms. The molecule has 3 aromatic carbocycles. The minimum Gasteiger partial charge on any atom is -0.493 e. The molecule has 0 atom stereocenters. The van der Waals surface area contributed by atoms with Gasteiger partial charge >= 0.3 is 0 Å². The highest BCUT2D eigenvalue weighted by molar-refractivity contribution is 5.99. The van der Waals surface area contributed by atoms with Crippen molar-refractivity contribution in [2.75, 3.05) is 6.61 Å². The van der Waals surface area contributed by atoms with Crippen LogP contribution in [-0.2, 0) is 0 Å². The Bertz CT molecular complexity index is 934. The lowest BCUT2D eigenvalue weighted by Gasteiger charge is -2.10. The summed E-state index contributed by atoms with van der Waals surface area (Å²) in [6.07, 6.45) is 0. The molecule has 2 heteroatoms. The van der Waals surface area contributed by atoms with E-state index in [-0.39, 0.29) is 0 Å². The molecule has 0 saturated heterocycles. The molecule has 0 N–H and O–H groups in total. The molecule has 0 aromatic heterocycles. The fraction of sp³-hybridized carbons (Fsp3) is 0.200. The topological polar surface area (TPSA) is 21.6 Å². The lowest BCUT2D eigenvalue weighted by Crippen LogP contribution is -2.04. The molecule has 0 aliphatic rings. The van der Waals surface area contributed by atoms with E-state index in [4.69, 9.17) is 4.74 Å². The fourth-order valence-electron chi connectivity index (χ4n) is 2.70. The van der Waals surface area contributed by atoms with Gasteiger partial charge in [-0.1, -0.05) is 56.3 Å². The van der Waals surface area contributed by atoms with E-state index in [1.807, 2.05) is 42.5 Å². The summed E-state index contributed by atoms with van der Waals surface area (Å²) in [5.41, 5.74) is 5.21. The van der Waals surface area contributed by atoms with Gasteiger partial charge in [0.15, 0.2) is 0 Å². The predicted octanol–water partition coefficient (Wildman–Crippen LogP) is 6.46.